The monoisotopic (exact) mass is 267 g/mol. The molecular weight excluding hydrogens is 257 g/mol. The molecule has 0 unspecified atom stereocenters. The number of nitrogens with zero attached hydrogens (tertiary/aromatic N) is 2. The van der Waals surface area contributed by atoms with Gasteiger partial charge in [0, 0.05) is 18.9 Å². The van der Waals surface area contributed by atoms with Gasteiger partial charge in [0.25, 0.3) is 0 Å². The van der Waals surface area contributed by atoms with Crippen LogP contribution in [0.2, 0.25) is 10.3 Å². The van der Waals surface area contributed by atoms with Crippen molar-refractivity contribution >= 4 is 28.9 Å². The molecule has 0 aromatic carbocycles. The predicted octanol–water partition coefficient (Wildman–Crippen LogP) is 3.70. The van der Waals surface area contributed by atoms with Crippen LogP contribution in [-0.4, -0.2) is 9.97 Å². The van der Waals surface area contributed by atoms with E-state index in [1.165, 1.54) is 0 Å². The molecule has 0 aliphatic carbocycles. The standard InChI is InChI=1S/C12H11Cl2N3/c1-8-6-10(13)17-12(14)11(8)16-7-9-2-4-15-5-3-9/h2-6,16H,7H2,1H3. The molecule has 0 radical (unpaired) electrons. The van der Waals surface area contributed by atoms with E-state index >= 15 is 0 Å². The molecule has 2 aromatic heterocycles. The zero-order valence-corrected chi connectivity index (χ0v) is 10.8. The van der Waals surface area contributed by atoms with Gasteiger partial charge in [-0.3, -0.25) is 4.98 Å². The fraction of sp³-hybridized carbons (Fsp3) is 0.167. The van der Waals surface area contributed by atoms with E-state index in [4.69, 9.17) is 23.2 Å². The van der Waals surface area contributed by atoms with Gasteiger partial charge in [-0.05, 0) is 36.2 Å². The number of anilines is 1. The molecule has 88 valence electrons. The Morgan fingerprint density at radius 3 is 2.59 bits per heavy atom. The summed E-state index contributed by atoms with van der Waals surface area (Å²) in [5.74, 6) is 0. The lowest BCUT2D eigenvalue weighted by molar-refractivity contribution is 1.11. The number of hydrogen-bond donors (Lipinski definition) is 1. The van der Waals surface area contributed by atoms with Crippen LogP contribution in [0, 0.1) is 6.92 Å². The number of nitrogens with one attached hydrogen (secondary N) is 1. The minimum absolute atomic E-state index is 0.393. The first-order valence-electron chi connectivity index (χ1n) is 5.12. The van der Waals surface area contributed by atoms with Gasteiger partial charge in [-0.1, -0.05) is 23.2 Å². The van der Waals surface area contributed by atoms with Crippen molar-refractivity contribution in [2.24, 2.45) is 0 Å². The van der Waals surface area contributed by atoms with Crippen molar-refractivity contribution in [3.05, 3.63) is 52.0 Å². The average molecular weight is 268 g/mol. The van der Waals surface area contributed by atoms with Crippen LogP contribution in [0.3, 0.4) is 0 Å². The summed E-state index contributed by atoms with van der Waals surface area (Å²) in [5.41, 5.74) is 2.92. The minimum atomic E-state index is 0.393. The van der Waals surface area contributed by atoms with Gasteiger partial charge in [0.1, 0.15) is 5.15 Å². The van der Waals surface area contributed by atoms with Crippen LogP contribution >= 0.6 is 23.2 Å². The van der Waals surface area contributed by atoms with E-state index in [0.29, 0.717) is 16.9 Å². The van der Waals surface area contributed by atoms with E-state index in [-0.39, 0.29) is 0 Å². The predicted molar refractivity (Wildman–Crippen MR) is 70.6 cm³/mol. The molecule has 0 bridgehead atoms. The quantitative estimate of drug-likeness (QED) is 0.862. The van der Waals surface area contributed by atoms with Crippen molar-refractivity contribution in [3.8, 4) is 0 Å². The molecule has 1 N–H and O–H groups in total. The van der Waals surface area contributed by atoms with Gasteiger partial charge < -0.3 is 5.32 Å². The molecule has 17 heavy (non-hydrogen) atoms. The Balaban J connectivity index is 2.15. The minimum Gasteiger partial charge on any atom is -0.378 e. The lowest BCUT2D eigenvalue weighted by Crippen LogP contribution is -2.02. The van der Waals surface area contributed by atoms with E-state index in [9.17, 15) is 0 Å². The topological polar surface area (TPSA) is 37.8 Å². The molecule has 3 nitrogen and oxygen atoms in total. The number of aryl methyl sites for hydroxylation is 1. The maximum atomic E-state index is 6.03. The second-order valence-electron chi connectivity index (χ2n) is 3.64. The van der Waals surface area contributed by atoms with Crippen molar-refractivity contribution in [1.82, 2.24) is 9.97 Å². The van der Waals surface area contributed by atoms with Gasteiger partial charge in [-0.15, -0.1) is 0 Å². The molecule has 0 amide bonds. The van der Waals surface area contributed by atoms with E-state index in [0.717, 1.165) is 16.8 Å². The van der Waals surface area contributed by atoms with Crippen molar-refractivity contribution in [1.29, 1.82) is 0 Å². The zero-order chi connectivity index (χ0) is 12.3. The first-order chi connectivity index (χ1) is 8.16. The lowest BCUT2D eigenvalue weighted by Gasteiger charge is -2.11. The Bertz CT molecular complexity index is 491. The van der Waals surface area contributed by atoms with Crippen LogP contribution in [0.25, 0.3) is 0 Å². The molecule has 0 saturated carbocycles. The highest BCUT2D eigenvalue weighted by molar-refractivity contribution is 6.34. The molecule has 2 rings (SSSR count). The van der Waals surface area contributed by atoms with Crippen LogP contribution in [0.15, 0.2) is 30.6 Å². The summed E-state index contributed by atoms with van der Waals surface area (Å²) in [6, 6.07) is 5.67. The number of halogens is 2. The largest absolute Gasteiger partial charge is 0.378 e. The summed E-state index contributed by atoms with van der Waals surface area (Å²) in [5, 5.41) is 4.04. The third kappa shape index (κ3) is 3.08. The van der Waals surface area contributed by atoms with Gasteiger partial charge in [0.2, 0.25) is 0 Å². The second-order valence-corrected chi connectivity index (χ2v) is 4.38. The van der Waals surface area contributed by atoms with Gasteiger partial charge in [-0.25, -0.2) is 4.98 Å². The molecule has 5 heteroatoms. The Morgan fingerprint density at radius 1 is 1.24 bits per heavy atom. The van der Waals surface area contributed by atoms with E-state index in [1.807, 2.05) is 19.1 Å². The fourth-order valence-corrected chi connectivity index (χ4v) is 2.10. The molecule has 2 aromatic rings. The number of hydrogen-bond acceptors (Lipinski definition) is 3. The maximum absolute atomic E-state index is 6.03. The number of pyridine rings is 2. The second kappa shape index (κ2) is 5.34. The summed E-state index contributed by atoms with van der Waals surface area (Å²) in [6.07, 6.45) is 3.51. The molecular formula is C12H11Cl2N3. The van der Waals surface area contributed by atoms with E-state index in [1.54, 1.807) is 18.5 Å². The summed E-state index contributed by atoms with van der Waals surface area (Å²) in [6.45, 7) is 2.61. The number of aromatic nitrogens is 2. The van der Waals surface area contributed by atoms with Crippen LogP contribution in [0.4, 0.5) is 5.69 Å². The summed E-state index contributed by atoms with van der Waals surface area (Å²) in [4.78, 5) is 7.97. The van der Waals surface area contributed by atoms with Gasteiger partial charge in [0.05, 0.1) is 5.69 Å². The molecule has 0 fully saturated rings. The lowest BCUT2D eigenvalue weighted by atomic mass is 10.2. The third-order valence-electron chi connectivity index (χ3n) is 2.36. The van der Waals surface area contributed by atoms with Crippen LogP contribution in [0.5, 0.6) is 0 Å². The third-order valence-corrected chi connectivity index (χ3v) is 2.83. The van der Waals surface area contributed by atoms with Crippen molar-refractivity contribution in [2.45, 2.75) is 13.5 Å². The van der Waals surface area contributed by atoms with E-state index in [2.05, 4.69) is 15.3 Å². The normalized spacial score (nSPS) is 10.3. The van der Waals surface area contributed by atoms with Gasteiger partial charge >= 0.3 is 0 Å². The smallest absolute Gasteiger partial charge is 0.154 e. The van der Waals surface area contributed by atoms with Crippen LogP contribution in [0.1, 0.15) is 11.1 Å². The molecule has 0 saturated heterocycles. The Morgan fingerprint density at radius 2 is 1.94 bits per heavy atom. The van der Waals surface area contributed by atoms with Crippen molar-refractivity contribution < 1.29 is 0 Å². The van der Waals surface area contributed by atoms with E-state index < -0.39 is 0 Å². The maximum Gasteiger partial charge on any atom is 0.154 e. The first kappa shape index (κ1) is 12.1. The highest BCUT2D eigenvalue weighted by atomic mass is 35.5. The van der Waals surface area contributed by atoms with Crippen molar-refractivity contribution in [2.75, 3.05) is 5.32 Å². The Hall–Kier alpha value is -1.32. The zero-order valence-electron chi connectivity index (χ0n) is 9.24. The first-order valence-corrected chi connectivity index (χ1v) is 5.88. The molecule has 0 spiro atoms. The highest BCUT2D eigenvalue weighted by Crippen LogP contribution is 2.26. The van der Waals surface area contributed by atoms with Gasteiger partial charge in [-0.2, -0.15) is 0 Å². The number of rotatable bonds is 3. The van der Waals surface area contributed by atoms with Gasteiger partial charge in [0.15, 0.2) is 5.15 Å². The molecule has 2 heterocycles. The summed E-state index contributed by atoms with van der Waals surface area (Å²) in [7, 11) is 0. The van der Waals surface area contributed by atoms with Crippen LogP contribution in [-0.2, 0) is 6.54 Å². The average Bonchev–Trinajstić information content (AvgIpc) is 2.29. The Labute approximate surface area is 110 Å². The van der Waals surface area contributed by atoms with Crippen LogP contribution < -0.4 is 5.32 Å². The van der Waals surface area contributed by atoms with Crippen molar-refractivity contribution in [3.63, 3.8) is 0 Å². The molecule has 0 aliphatic rings. The summed E-state index contributed by atoms with van der Waals surface area (Å²) >= 11 is 11.8. The SMILES string of the molecule is Cc1cc(Cl)nc(Cl)c1NCc1ccncc1. The Kier molecular flexibility index (Phi) is 3.82. The molecule has 0 atom stereocenters. The fourth-order valence-electron chi connectivity index (χ4n) is 1.50. The highest BCUT2D eigenvalue weighted by Gasteiger charge is 2.06. The molecule has 0 aliphatic heterocycles. The summed E-state index contributed by atoms with van der Waals surface area (Å²) < 4.78 is 0.